The third-order valence-corrected chi connectivity index (χ3v) is 5.58. The van der Waals surface area contributed by atoms with Crippen LogP contribution in [0.4, 0.5) is 0 Å². The summed E-state index contributed by atoms with van der Waals surface area (Å²) in [5.74, 6) is 0.957. The molecule has 0 saturated carbocycles. The van der Waals surface area contributed by atoms with Crippen molar-refractivity contribution in [3.05, 3.63) is 29.8 Å². The Kier molecular flexibility index (Phi) is 5.11. The molecule has 0 spiro atoms. The van der Waals surface area contributed by atoms with Gasteiger partial charge in [0.15, 0.2) is 15.9 Å². The topological polar surface area (TPSA) is 72.5 Å². The van der Waals surface area contributed by atoms with Gasteiger partial charge in [-0.2, -0.15) is 0 Å². The van der Waals surface area contributed by atoms with Crippen molar-refractivity contribution in [3.63, 3.8) is 0 Å². The first-order valence-corrected chi connectivity index (χ1v) is 9.36. The van der Waals surface area contributed by atoms with Gasteiger partial charge < -0.3 is 10.1 Å². The van der Waals surface area contributed by atoms with Crippen LogP contribution in [-0.2, 0) is 14.6 Å². The number of carbonyl (C=O) groups is 1. The number of hydrogen-bond acceptors (Lipinski definition) is 4. The second-order valence-electron chi connectivity index (χ2n) is 6.09. The summed E-state index contributed by atoms with van der Waals surface area (Å²) in [6, 6.07) is 7.35. The average Bonchev–Trinajstić information content (AvgIpc) is 2.78. The number of sulfone groups is 1. The summed E-state index contributed by atoms with van der Waals surface area (Å²) in [5.41, 5.74) is 1.21. The molecule has 22 heavy (non-hydrogen) atoms. The SMILES string of the molecule is CC(Oc1ccc(C(C)C)cc1)C(=O)NC1CCS(=O)(=O)C1. The van der Waals surface area contributed by atoms with E-state index in [-0.39, 0.29) is 23.5 Å². The van der Waals surface area contributed by atoms with E-state index in [1.807, 2.05) is 24.3 Å². The molecule has 0 bridgehead atoms. The fraction of sp³-hybridized carbons (Fsp3) is 0.562. The number of carbonyl (C=O) groups excluding carboxylic acids is 1. The van der Waals surface area contributed by atoms with Crippen LogP contribution < -0.4 is 10.1 Å². The first-order chi connectivity index (χ1) is 10.3. The van der Waals surface area contributed by atoms with Crippen LogP contribution in [0.2, 0.25) is 0 Å². The molecule has 1 aromatic rings. The molecule has 2 rings (SSSR count). The Morgan fingerprint density at radius 1 is 1.23 bits per heavy atom. The number of amides is 1. The minimum absolute atomic E-state index is 0.0224. The highest BCUT2D eigenvalue weighted by molar-refractivity contribution is 7.91. The van der Waals surface area contributed by atoms with E-state index < -0.39 is 15.9 Å². The van der Waals surface area contributed by atoms with Gasteiger partial charge in [0.2, 0.25) is 0 Å². The number of rotatable bonds is 5. The maximum Gasteiger partial charge on any atom is 0.261 e. The molecule has 2 unspecified atom stereocenters. The number of hydrogen-bond donors (Lipinski definition) is 1. The van der Waals surface area contributed by atoms with Gasteiger partial charge in [-0.25, -0.2) is 8.42 Å². The third-order valence-electron chi connectivity index (χ3n) is 3.81. The molecule has 1 aliphatic rings. The van der Waals surface area contributed by atoms with Gasteiger partial charge >= 0.3 is 0 Å². The number of nitrogens with one attached hydrogen (secondary N) is 1. The van der Waals surface area contributed by atoms with Gasteiger partial charge in [-0.1, -0.05) is 26.0 Å². The van der Waals surface area contributed by atoms with Crippen molar-refractivity contribution in [2.24, 2.45) is 0 Å². The maximum atomic E-state index is 12.1. The molecule has 1 fully saturated rings. The van der Waals surface area contributed by atoms with Crippen molar-refractivity contribution in [1.82, 2.24) is 5.32 Å². The van der Waals surface area contributed by atoms with Crippen molar-refractivity contribution < 1.29 is 17.9 Å². The third kappa shape index (κ3) is 4.47. The lowest BCUT2D eigenvalue weighted by Crippen LogP contribution is -2.43. The van der Waals surface area contributed by atoms with E-state index in [9.17, 15) is 13.2 Å². The lowest BCUT2D eigenvalue weighted by Gasteiger charge is -2.18. The van der Waals surface area contributed by atoms with E-state index in [0.717, 1.165) is 0 Å². The Labute approximate surface area is 132 Å². The van der Waals surface area contributed by atoms with Crippen LogP contribution in [0.5, 0.6) is 5.75 Å². The highest BCUT2D eigenvalue weighted by Crippen LogP contribution is 2.19. The fourth-order valence-corrected chi connectivity index (χ4v) is 4.09. The van der Waals surface area contributed by atoms with E-state index in [0.29, 0.717) is 18.1 Å². The molecule has 2 atom stereocenters. The molecule has 1 aliphatic heterocycles. The Balaban J connectivity index is 1.88. The van der Waals surface area contributed by atoms with Crippen molar-refractivity contribution >= 4 is 15.7 Å². The van der Waals surface area contributed by atoms with Crippen LogP contribution in [0.15, 0.2) is 24.3 Å². The molecule has 6 heteroatoms. The quantitative estimate of drug-likeness (QED) is 0.897. The summed E-state index contributed by atoms with van der Waals surface area (Å²) in [7, 11) is -2.99. The Hall–Kier alpha value is -1.56. The lowest BCUT2D eigenvalue weighted by molar-refractivity contribution is -0.127. The molecule has 0 aromatic heterocycles. The van der Waals surface area contributed by atoms with E-state index in [1.54, 1.807) is 6.92 Å². The summed E-state index contributed by atoms with van der Waals surface area (Å²) >= 11 is 0. The molecule has 122 valence electrons. The van der Waals surface area contributed by atoms with E-state index in [4.69, 9.17) is 4.74 Å². The van der Waals surface area contributed by atoms with Crippen molar-refractivity contribution in [2.45, 2.75) is 45.3 Å². The van der Waals surface area contributed by atoms with Crippen LogP contribution in [0.1, 0.15) is 38.7 Å². The van der Waals surface area contributed by atoms with Gasteiger partial charge in [-0.15, -0.1) is 0 Å². The fourth-order valence-electron chi connectivity index (χ4n) is 2.42. The molecule has 1 saturated heterocycles. The first-order valence-electron chi connectivity index (χ1n) is 7.54. The van der Waals surface area contributed by atoms with Gasteiger partial charge in [0.25, 0.3) is 5.91 Å². The number of benzene rings is 1. The molecule has 1 heterocycles. The van der Waals surface area contributed by atoms with Gasteiger partial charge in [0.05, 0.1) is 11.5 Å². The smallest absolute Gasteiger partial charge is 0.261 e. The zero-order valence-corrected chi connectivity index (χ0v) is 14.0. The molecule has 0 radical (unpaired) electrons. The predicted molar refractivity (Wildman–Crippen MR) is 85.8 cm³/mol. The first kappa shape index (κ1) is 16.8. The monoisotopic (exact) mass is 325 g/mol. The standard InChI is InChI=1S/C16H23NO4S/c1-11(2)13-4-6-15(7-5-13)21-12(3)16(18)17-14-8-9-22(19,20)10-14/h4-7,11-12,14H,8-10H2,1-3H3,(H,17,18). The second-order valence-corrected chi connectivity index (χ2v) is 8.32. The predicted octanol–water partition coefficient (Wildman–Crippen LogP) is 1.88. The number of ether oxygens (including phenoxy) is 1. The summed E-state index contributed by atoms with van der Waals surface area (Å²) in [5, 5.41) is 2.74. The van der Waals surface area contributed by atoms with E-state index >= 15 is 0 Å². The lowest BCUT2D eigenvalue weighted by atomic mass is 10.0. The molecule has 0 aliphatic carbocycles. The summed E-state index contributed by atoms with van der Waals surface area (Å²) in [4.78, 5) is 12.1. The zero-order valence-electron chi connectivity index (χ0n) is 13.2. The van der Waals surface area contributed by atoms with Crippen molar-refractivity contribution in [3.8, 4) is 5.75 Å². The molecule has 5 nitrogen and oxygen atoms in total. The molecular weight excluding hydrogens is 302 g/mol. The highest BCUT2D eigenvalue weighted by atomic mass is 32.2. The van der Waals surface area contributed by atoms with Crippen LogP contribution in [0, 0.1) is 0 Å². The Morgan fingerprint density at radius 3 is 2.36 bits per heavy atom. The normalized spacial score (nSPS) is 21.5. The minimum Gasteiger partial charge on any atom is -0.481 e. The van der Waals surface area contributed by atoms with E-state index in [2.05, 4.69) is 19.2 Å². The van der Waals surface area contributed by atoms with Gasteiger partial charge in [-0.3, -0.25) is 4.79 Å². The van der Waals surface area contributed by atoms with Gasteiger partial charge in [-0.05, 0) is 37.0 Å². The average molecular weight is 325 g/mol. The molecule has 1 N–H and O–H groups in total. The van der Waals surface area contributed by atoms with Crippen molar-refractivity contribution in [2.75, 3.05) is 11.5 Å². The van der Waals surface area contributed by atoms with Gasteiger partial charge in [0, 0.05) is 6.04 Å². The Bertz CT molecular complexity index is 622. The summed E-state index contributed by atoms with van der Waals surface area (Å²) in [6.45, 7) is 5.89. The van der Waals surface area contributed by atoms with Crippen molar-refractivity contribution in [1.29, 1.82) is 0 Å². The van der Waals surface area contributed by atoms with Crippen LogP contribution in [-0.4, -0.2) is 38.0 Å². The largest absolute Gasteiger partial charge is 0.481 e. The van der Waals surface area contributed by atoms with Crippen LogP contribution in [0.25, 0.3) is 0 Å². The highest BCUT2D eigenvalue weighted by Gasteiger charge is 2.30. The second kappa shape index (κ2) is 6.69. The Morgan fingerprint density at radius 2 is 1.86 bits per heavy atom. The summed E-state index contributed by atoms with van der Waals surface area (Å²) < 4.78 is 28.4. The van der Waals surface area contributed by atoms with Gasteiger partial charge in [0.1, 0.15) is 5.75 Å². The minimum atomic E-state index is -2.99. The van der Waals surface area contributed by atoms with Crippen LogP contribution in [0.3, 0.4) is 0 Å². The maximum absolute atomic E-state index is 12.1. The molecule has 1 aromatic carbocycles. The van der Waals surface area contributed by atoms with E-state index in [1.165, 1.54) is 5.56 Å². The molecular formula is C16H23NO4S. The molecule has 1 amide bonds. The zero-order chi connectivity index (χ0) is 16.3. The summed E-state index contributed by atoms with van der Waals surface area (Å²) in [6.07, 6.45) is -0.183. The van der Waals surface area contributed by atoms with Crippen LogP contribution >= 0.6 is 0 Å².